The van der Waals surface area contributed by atoms with Crippen LogP contribution in [-0.2, 0) is 6.54 Å². The summed E-state index contributed by atoms with van der Waals surface area (Å²) in [5.41, 5.74) is 1.08. The van der Waals surface area contributed by atoms with Crippen LogP contribution in [0.25, 0.3) is 0 Å². The van der Waals surface area contributed by atoms with Gasteiger partial charge in [-0.1, -0.05) is 11.6 Å². The highest BCUT2D eigenvalue weighted by Crippen LogP contribution is 2.22. The van der Waals surface area contributed by atoms with E-state index in [1.54, 1.807) is 11.3 Å². The van der Waals surface area contributed by atoms with Crippen LogP contribution in [0.5, 0.6) is 0 Å². The summed E-state index contributed by atoms with van der Waals surface area (Å²) in [5, 5.41) is 0. The van der Waals surface area contributed by atoms with Crippen LogP contribution in [0, 0.1) is 11.7 Å². The molecule has 0 unspecified atom stereocenters. The van der Waals surface area contributed by atoms with Gasteiger partial charge in [0.2, 0.25) is 0 Å². The molecular weight excluding hydrogens is 236 g/mol. The molecule has 2 heterocycles. The minimum absolute atomic E-state index is 0.757. The number of rotatable bonds is 2. The van der Waals surface area contributed by atoms with Crippen molar-refractivity contribution >= 4 is 35.2 Å². The maximum Gasteiger partial charge on any atom is 0.177 e. The highest BCUT2D eigenvalue weighted by atomic mass is 35.5. The second-order valence-corrected chi connectivity index (χ2v) is 5.26. The molecule has 0 atom stereocenters. The fraction of sp³-hybridized carbons (Fsp3) is 0.222. The number of imidazole rings is 1. The van der Waals surface area contributed by atoms with Gasteiger partial charge in [0, 0.05) is 16.8 Å². The maximum absolute atomic E-state index is 5.85. The summed E-state index contributed by atoms with van der Waals surface area (Å²) in [6.07, 6.45) is 2.01. The predicted octanol–water partition coefficient (Wildman–Crippen LogP) is 3.62. The van der Waals surface area contributed by atoms with Gasteiger partial charge in [0.25, 0.3) is 0 Å². The monoisotopic (exact) mass is 244 g/mol. The van der Waals surface area contributed by atoms with E-state index in [-0.39, 0.29) is 0 Å². The average Bonchev–Trinajstić information content (AvgIpc) is 2.61. The lowest BCUT2D eigenvalue weighted by Gasteiger charge is -1.97. The van der Waals surface area contributed by atoms with E-state index in [1.165, 1.54) is 4.88 Å². The first-order valence-electron chi connectivity index (χ1n) is 4.15. The van der Waals surface area contributed by atoms with Gasteiger partial charge in [0.05, 0.1) is 10.9 Å². The number of hydrogen-bond donors (Lipinski definition) is 1. The number of H-pyrrole nitrogens is 1. The highest BCUT2D eigenvalue weighted by molar-refractivity contribution is 7.71. The zero-order valence-corrected chi connectivity index (χ0v) is 9.97. The lowest BCUT2D eigenvalue weighted by molar-refractivity contribution is 0.795. The molecule has 2 nitrogen and oxygen atoms in total. The Morgan fingerprint density at radius 1 is 1.57 bits per heavy atom. The van der Waals surface area contributed by atoms with E-state index in [2.05, 4.69) is 4.98 Å². The molecule has 0 saturated carbocycles. The summed E-state index contributed by atoms with van der Waals surface area (Å²) in [4.78, 5) is 4.30. The molecule has 5 heteroatoms. The maximum atomic E-state index is 5.85. The van der Waals surface area contributed by atoms with Crippen molar-refractivity contribution in [1.29, 1.82) is 0 Å². The Kier molecular flexibility index (Phi) is 2.76. The van der Waals surface area contributed by atoms with Gasteiger partial charge in [-0.2, -0.15) is 0 Å². The van der Waals surface area contributed by atoms with Crippen molar-refractivity contribution in [1.82, 2.24) is 9.55 Å². The van der Waals surface area contributed by atoms with E-state index < -0.39 is 0 Å². The molecule has 0 bridgehead atoms. The van der Waals surface area contributed by atoms with Gasteiger partial charge in [-0.25, -0.2) is 0 Å². The number of nitrogens with zero attached hydrogens (tertiary/aromatic N) is 1. The third kappa shape index (κ3) is 2.08. The molecule has 0 radical (unpaired) electrons. The molecule has 0 aliphatic carbocycles. The Balaban J connectivity index is 2.26. The molecule has 74 valence electrons. The van der Waals surface area contributed by atoms with E-state index >= 15 is 0 Å². The molecule has 0 spiro atoms. The molecule has 0 aliphatic heterocycles. The van der Waals surface area contributed by atoms with Gasteiger partial charge in [-0.15, -0.1) is 11.3 Å². The second kappa shape index (κ2) is 3.88. The van der Waals surface area contributed by atoms with Crippen LogP contribution in [0.1, 0.15) is 10.6 Å². The van der Waals surface area contributed by atoms with Crippen LogP contribution in [0.3, 0.4) is 0 Å². The zero-order valence-electron chi connectivity index (χ0n) is 7.58. The SMILES string of the molecule is Cc1cn(Cc2ccc(Cl)s2)c(=S)[nH]1. The molecule has 2 rings (SSSR count). The van der Waals surface area contributed by atoms with Crippen LogP contribution in [0.4, 0.5) is 0 Å². The van der Waals surface area contributed by atoms with E-state index in [4.69, 9.17) is 23.8 Å². The fourth-order valence-electron chi connectivity index (χ4n) is 1.29. The Morgan fingerprint density at radius 2 is 2.36 bits per heavy atom. The van der Waals surface area contributed by atoms with Crippen molar-refractivity contribution in [2.75, 3.05) is 0 Å². The van der Waals surface area contributed by atoms with Crippen LogP contribution in [0.15, 0.2) is 18.3 Å². The van der Waals surface area contributed by atoms with Gasteiger partial charge in [0.1, 0.15) is 0 Å². The minimum atomic E-state index is 0.757. The molecule has 1 N–H and O–H groups in total. The standard InChI is InChI=1S/C9H9ClN2S2/c1-6-4-12(9(13)11-6)5-7-2-3-8(10)14-7/h2-4H,5H2,1H3,(H,11,13). The van der Waals surface area contributed by atoms with E-state index in [9.17, 15) is 0 Å². The number of thiophene rings is 1. The highest BCUT2D eigenvalue weighted by Gasteiger charge is 2.01. The molecule has 0 aromatic carbocycles. The zero-order chi connectivity index (χ0) is 10.1. The van der Waals surface area contributed by atoms with Crippen molar-refractivity contribution in [2.45, 2.75) is 13.5 Å². The lowest BCUT2D eigenvalue weighted by atomic mass is 10.4. The number of hydrogen-bond acceptors (Lipinski definition) is 2. The third-order valence-corrected chi connectivity index (χ3v) is 3.42. The third-order valence-electron chi connectivity index (χ3n) is 1.87. The summed E-state index contributed by atoms with van der Waals surface area (Å²) < 4.78 is 3.58. The molecule has 14 heavy (non-hydrogen) atoms. The normalized spacial score (nSPS) is 10.7. The Bertz CT molecular complexity index is 495. The molecular formula is C9H9ClN2S2. The number of aromatic nitrogens is 2. The van der Waals surface area contributed by atoms with E-state index in [0.717, 1.165) is 21.3 Å². The van der Waals surface area contributed by atoms with Crippen LogP contribution < -0.4 is 0 Å². The first-order chi connectivity index (χ1) is 6.65. The molecule has 2 aromatic rings. The largest absolute Gasteiger partial charge is 0.335 e. The van der Waals surface area contributed by atoms with Gasteiger partial charge < -0.3 is 9.55 Å². The Labute approximate surface area is 96.2 Å². The smallest absolute Gasteiger partial charge is 0.177 e. The number of aryl methyl sites for hydroxylation is 1. The van der Waals surface area contributed by atoms with Crippen molar-refractivity contribution in [3.8, 4) is 0 Å². The van der Waals surface area contributed by atoms with Crippen molar-refractivity contribution in [2.24, 2.45) is 0 Å². The topological polar surface area (TPSA) is 20.7 Å². The number of aromatic amines is 1. The van der Waals surface area contributed by atoms with Crippen LogP contribution in [0.2, 0.25) is 4.34 Å². The molecule has 0 saturated heterocycles. The number of halogens is 1. The summed E-state index contributed by atoms with van der Waals surface area (Å²) in [6, 6.07) is 3.93. The van der Waals surface area contributed by atoms with Gasteiger partial charge >= 0.3 is 0 Å². The molecule has 2 aromatic heterocycles. The molecule has 0 amide bonds. The summed E-state index contributed by atoms with van der Waals surface area (Å²) in [6.45, 7) is 2.79. The van der Waals surface area contributed by atoms with Gasteiger partial charge in [-0.3, -0.25) is 0 Å². The predicted molar refractivity (Wildman–Crippen MR) is 62.8 cm³/mol. The summed E-state index contributed by atoms with van der Waals surface area (Å²) in [5.74, 6) is 0. The Morgan fingerprint density at radius 3 is 2.86 bits per heavy atom. The van der Waals surface area contributed by atoms with Crippen LogP contribution >= 0.6 is 35.2 Å². The minimum Gasteiger partial charge on any atom is -0.335 e. The lowest BCUT2D eigenvalue weighted by Crippen LogP contribution is -1.95. The number of nitrogens with one attached hydrogen (secondary N) is 1. The van der Waals surface area contributed by atoms with Crippen molar-refractivity contribution in [3.63, 3.8) is 0 Å². The van der Waals surface area contributed by atoms with Crippen molar-refractivity contribution in [3.05, 3.63) is 38.0 Å². The Hall–Kier alpha value is -0.580. The summed E-state index contributed by atoms with van der Waals surface area (Å²) in [7, 11) is 0. The second-order valence-electron chi connectivity index (χ2n) is 3.08. The van der Waals surface area contributed by atoms with Crippen molar-refractivity contribution < 1.29 is 0 Å². The first kappa shape index (κ1) is 9.96. The van der Waals surface area contributed by atoms with Crippen LogP contribution in [-0.4, -0.2) is 9.55 Å². The summed E-state index contributed by atoms with van der Waals surface area (Å²) >= 11 is 12.6. The van der Waals surface area contributed by atoms with Gasteiger partial charge in [0.15, 0.2) is 4.77 Å². The van der Waals surface area contributed by atoms with E-state index in [0.29, 0.717) is 0 Å². The quantitative estimate of drug-likeness (QED) is 0.801. The first-order valence-corrected chi connectivity index (χ1v) is 5.76. The van der Waals surface area contributed by atoms with Gasteiger partial charge in [-0.05, 0) is 31.3 Å². The molecule has 0 aliphatic rings. The molecule has 0 fully saturated rings. The fourth-order valence-corrected chi connectivity index (χ4v) is 2.65. The average molecular weight is 245 g/mol. The van der Waals surface area contributed by atoms with E-state index in [1.807, 2.05) is 29.8 Å².